The lowest BCUT2D eigenvalue weighted by atomic mass is 9.98. The Morgan fingerprint density at radius 1 is 1.12 bits per heavy atom. The quantitative estimate of drug-likeness (QED) is 0.426. The molecule has 0 saturated carbocycles. The molecule has 1 aliphatic heterocycles. The van der Waals surface area contributed by atoms with Crippen LogP contribution in [0.1, 0.15) is 23.6 Å². The number of nitriles is 1. The minimum absolute atomic E-state index is 0. The summed E-state index contributed by atoms with van der Waals surface area (Å²) in [5, 5.41) is 17.1. The van der Waals surface area contributed by atoms with Gasteiger partial charge in [-0.05, 0) is 61.0 Å². The first-order valence-electron chi connectivity index (χ1n) is 12.7. The Morgan fingerprint density at radius 3 is 2.49 bits per heavy atom. The highest BCUT2D eigenvalue weighted by Gasteiger charge is 2.38. The summed E-state index contributed by atoms with van der Waals surface area (Å²) in [5.74, 6) is -2.49. The minimum Gasteiger partial charge on any atom is -0.341 e. The van der Waals surface area contributed by atoms with Gasteiger partial charge in [-0.15, -0.1) is 12.4 Å². The van der Waals surface area contributed by atoms with E-state index in [1.165, 1.54) is 21.9 Å². The second-order valence-electron chi connectivity index (χ2n) is 9.97. The van der Waals surface area contributed by atoms with E-state index in [-0.39, 0.29) is 36.7 Å². The summed E-state index contributed by atoms with van der Waals surface area (Å²) in [5.41, 5.74) is 2.61. The van der Waals surface area contributed by atoms with Crippen molar-refractivity contribution < 1.29 is 22.8 Å². The zero-order valence-corrected chi connectivity index (χ0v) is 24.8. The Bertz CT molecular complexity index is 1650. The van der Waals surface area contributed by atoms with Gasteiger partial charge in [0.15, 0.2) is 9.84 Å². The first-order valence-corrected chi connectivity index (χ1v) is 14.8. The fraction of sp³-hybridized carbons (Fsp3) is 0.310. The number of rotatable bonds is 7. The number of hydrogen-bond acceptors (Lipinski definition) is 7. The van der Waals surface area contributed by atoms with Crippen molar-refractivity contribution in [3.8, 4) is 6.07 Å². The summed E-state index contributed by atoms with van der Waals surface area (Å²) < 4.78 is 24.1. The maximum atomic E-state index is 14.2. The lowest BCUT2D eigenvalue weighted by Gasteiger charge is -2.27. The molecule has 41 heavy (non-hydrogen) atoms. The van der Waals surface area contributed by atoms with Crippen LogP contribution in [0.4, 0.5) is 11.4 Å². The maximum absolute atomic E-state index is 14.2. The van der Waals surface area contributed by atoms with Gasteiger partial charge in [0, 0.05) is 6.26 Å². The van der Waals surface area contributed by atoms with E-state index in [1.807, 2.05) is 49.4 Å². The molecule has 3 aromatic carbocycles. The standard InChI is InChI=1S/C29H31N5O5S.ClH/c1-18-9-11-21-7-5-6-8-22(21)23(18)15-34-25-12-10-20(14-30)13-26(25)33(27(35)17-40(4,38)39)16-24(29(34)37)32-28(36)19(2)31-3;/h5-13,19,24,31H,15-17H2,1-4H3,(H,32,36);1H. The number of amides is 3. The summed E-state index contributed by atoms with van der Waals surface area (Å²) in [6.45, 7) is 3.39. The van der Waals surface area contributed by atoms with Crippen LogP contribution in [-0.4, -0.2) is 63.8 Å². The van der Waals surface area contributed by atoms with Gasteiger partial charge < -0.3 is 20.4 Å². The molecule has 0 spiro atoms. The van der Waals surface area contributed by atoms with Crippen molar-refractivity contribution >= 4 is 62.1 Å². The van der Waals surface area contributed by atoms with Crippen LogP contribution in [0.5, 0.6) is 0 Å². The summed E-state index contributed by atoms with van der Waals surface area (Å²) in [6.07, 6.45) is 0.948. The van der Waals surface area contributed by atoms with Crippen molar-refractivity contribution in [1.29, 1.82) is 5.26 Å². The number of carbonyl (C=O) groups excluding carboxylic acids is 3. The summed E-state index contributed by atoms with van der Waals surface area (Å²) in [7, 11) is -2.11. The van der Waals surface area contributed by atoms with Gasteiger partial charge in [0.25, 0.3) is 5.91 Å². The zero-order chi connectivity index (χ0) is 29.2. The van der Waals surface area contributed by atoms with Gasteiger partial charge in [0.05, 0.1) is 42.1 Å². The third-order valence-electron chi connectivity index (χ3n) is 7.04. The molecular formula is C29H32ClN5O5S. The summed E-state index contributed by atoms with van der Waals surface area (Å²) in [4.78, 5) is 43.1. The van der Waals surface area contributed by atoms with E-state index >= 15 is 0 Å². The number of halogens is 1. The van der Waals surface area contributed by atoms with Crippen LogP contribution < -0.4 is 20.4 Å². The van der Waals surface area contributed by atoms with Gasteiger partial charge in [0.2, 0.25) is 11.8 Å². The van der Waals surface area contributed by atoms with Crippen LogP contribution in [0.2, 0.25) is 0 Å². The molecule has 0 fully saturated rings. The first-order chi connectivity index (χ1) is 18.9. The molecule has 0 aromatic heterocycles. The highest BCUT2D eigenvalue weighted by atomic mass is 35.5. The van der Waals surface area contributed by atoms with Crippen molar-refractivity contribution in [2.75, 3.05) is 35.4 Å². The van der Waals surface area contributed by atoms with Crippen LogP contribution in [0.3, 0.4) is 0 Å². The molecule has 1 aliphatic rings. The van der Waals surface area contributed by atoms with E-state index in [9.17, 15) is 28.1 Å². The second-order valence-corrected chi connectivity index (χ2v) is 12.1. The van der Waals surface area contributed by atoms with E-state index < -0.39 is 45.4 Å². The van der Waals surface area contributed by atoms with E-state index in [0.29, 0.717) is 5.69 Å². The van der Waals surface area contributed by atoms with Crippen LogP contribution in [0.25, 0.3) is 10.8 Å². The molecule has 2 unspecified atom stereocenters. The summed E-state index contributed by atoms with van der Waals surface area (Å²) in [6, 6.07) is 16.6. The lowest BCUT2D eigenvalue weighted by molar-refractivity contribution is -0.128. The third-order valence-corrected chi connectivity index (χ3v) is 7.81. The van der Waals surface area contributed by atoms with Crippen LogP contribution >= 0.6 is 12.4 Å². The molecule has 12 heteroatoms. The molecule has 216 valence electrons. The van der Waals surface area contributed by atoms with Crippen molar-refractivity contribution in [1.82, 2.24) is 10.6 Å². The third kappa shape index (κ3) is 6.85. The average molecular weight is 598 g/mol. The molecule has 3 aromatic rings. The van der Waals surface area contributed by atoms with Gasteiger partial charge in [-0.2, -0.15) is 5.26 Å². The smallest absolute Gasteiger partial charge is 0.251 e. The predicted molar refractivity (Wildman–Crippen MR) is 161 cm³/mol. The Kier molecular flexibility index (Phi) is 9.76. The number of benzene rings is 3. The van der Waals surface area contributed by atoms with Crippen molar-refractivity contribution in [2.24, 2.45) is 0 Å². The fourth-order valence-electron chi connectivity index (χ4n) is 4.75. The van der Waals surface area contributed by atoms with Crippen LogP contribution in [0, 0.1) is 18.3 Å². The van der Waals surface area contributed by atoms with Crippen molar-refractivity contribution in [2.45, 2.75) is 32.5 Å². The first kappa shape index (κ1) is 31.5. The number of hydrogen-bond donors (Lipinski definition) is 2. The number of carbonyl (C=O) groups is 3. The topological polar surface area (TPSA) is 140 Å². The number of nitrogens with zero attached hydrogens (tertiary/aromatic N) is 3. The Balaban J connectivity index is 0.00000462. The Hall–Kier alpha value is -3.98. The molecule has 10 nitrogen and oxygen atoms in total. The number of sulfone groups is 1. The van der Waals surface area contributed by atoms with Crippen molar-refractivity contribution in [3.63, 3.8) is 0 Å². The molecule has 4 rings (SSSR count). The minimum atomic E-state index is -3.72. The average Bonchev–Trinajstić information content (AvgIpc) is 3.03. The van der Waals surface area contributed by atoms with Gasteiger partial charge in [-0.1, -0.05) is 36.4 Å². The van der Waals surface area contributed by atoms with Gasteiger partial charge >= 0.3 is 0 Å². The van der Waals surface area contributed by atoms with E-state index in [4.69, 9.17) is 0 Å². The van der Waals surface area contributed by atoms with Gasteiger partial charge in [-0.3, -0.25) is 14.4 Å². The summed E-state index contributed by atoms with van der Waals surface area (Å²) >= 11 is 0. The van der Waals surface area contributed by atoms with E-state index in [2.05, 4.69) is 10.6 Å². The number of likely N-dealkylation sites (N-methyl/N-ethyl adjacent to an activating group) is 1. The monoisotopic (exact) mass is 597 g/mol. The molecule has 0 bridgehead atoms. The number of nitrogens with one attached hydrogen (secondary N) is 2. The highest BCUT2D eigenvalue weighted by molar-refractivity contribution is 7.91. The number of aryl methyl sites for hydroxylation is 1. The Labute approximate surface area is 245 Å². The molecule has 0 saturated heterocycles. The van der Waals surface area contributed by atoms with E-state index in [0.717, 1.165) is 28.2 Å². The molecule has 3 amide bonds. The Morgan fingerprint density at radius 2 is 1.83 bits per heavy atom. The predicted octanol–water partition coefficient (Wildman–Crippen LogP) is 2.46. The van der Waals surface area contributed by atoms with E-state index in [1.54, 1.807) is 20.0 Å². The molecule has 2 N–H and O–H groups in total. The molecule has 0 aliphatic carbocycles. The van der Waals surface area contributed by atoms with Gasteiger partial charge in [-0.25, -0.2) is 8.42 Å². The van der Waals surface area contributed by atoms with Crippen LogP contribution in [0.15, 0.2) is 54.6 Å². The maximum Gasteiger partial charge on any atom is 0.251 e. The highest BCUT2D eigenvalue weighted by Crippen LogP contribution is 2.36. The molecule has 0 radical (unpaired) electrons. The van der Waals surface area contributed by atoms with Crippen LogP contribution in [-0.2, 0) is 30.8 Å². The second kappa shape index (κ2) is 12.7. The largest absolute Gasteiger partial charge is 0.341 e. The number of anilines is 2. The lowest BCUT2D eigenvalue weighted by Crippen LogP contribution is -2.56. The number of fused-ring (bicyclic) bond motifs is 2. The molecular weight excluding hydrogens is 566 g/mol. The molecule has 1 heterocycles. The fourth-order valence-corrected chi connectivity index (χ4v) is 5.36. The van der Waals surface area contributed by atoms with Crippen molar-refractivity contribution in [3.05, 3.63) is 71.3 Å². The van der Waals surface area contributed by atoms with Gasteiger partial charge in [0.1, 0.15) is 11.8 Å². The normalized spacial score (nSPS) is 15.8. The zero-order valence-electron chi connectivity index (χ0n) is 23.2. The molecule has 2 atom stereocenters. The SMILES string of the molecule is CNC(C)C(=O)NC1CN(C(=O)CS(C)(=O)=O)c2cc(C#N)ccc2N(Cc2c(C)ccc3ccccc23)C1=O.Cl.